The third-order valence-corrected chi connectivity index (χ3v) is 2.46. The smallest absolute Gasteiger partial charge is 0.227 e. The molecular weight excluding hydrogens is 216 g/mol. The van der Waals surface area contributed by atoms with Crippen LogP contribution in [0, 0.1) is 6.92 Å². The van der Waals surface area contributed by atoms with Crippen LogP contribution in [-0.4, -0.2) is 45.1 Å². The minimum Gasteiger partial charge on any atom is -0.497 e. The van der Waals surface area contributed by atoms with Crippen molar-refractivity contribution in [3.05, 3.63) is 31.2 Å². The Balaban J connectivity index is 2.78. The second-order valence-electron chi connectivity index (χ2n) is 4.05. The maximum atomic E-state index is 11.5. The molecule has 0 unspecified atom stereocenters. The van der Waals surface area contributed by atoms with Crippen molar-refractivity contribution in [3.8, 4) is 5.75 Å². The first-order chi connectivity index (χ1) is 8.04. The van der Waals surface area contributed by atoms with Gasteiger partial charge in [-0.25, -0.2) is 0 Å². The SMILES string of the molecule is [CH2]C(=O)N(CCN(C)C)c1ccc(OC)cc1. The first-order valence-electron chi connectivity index (χ1n) is 5.47. The first-order valence-corrected chi connectivity index (χ1v) is 5.47. The molecule has 1 aromatic carbocycles. The van der Waals surface area contributed by atoms with Crippen LogP contribution in [0.4, 0.5) is 5.69 Å². The topological polar surface area (TPSA) is 32.8 Å². The van der Waals surface area contributed by atoms with E-state index in [4.69, 9.17) is 4.74 Å². The van der Waals surface area contributed by atoms with Gasteiger partial charge in [0.1, 0.15) is 5.75 Å². The van der Waals surface area contributed by atoms with Crippen molar-refractivity contribution >= 4 is 11.6 Å². The zero-order chi connectivity index (χ0) is 12.8. The number of ether oxygens (including phenoxy) is 1. The summed E-state index contributed by atoms with van der Waals surface area (Å²) in [4.78, 5) is 15.2. The van der Waals surface area contributed by atoms with Gasteiger partial charge in [-0.15, -0.1) is 0 Å². The number of benzene rings is 1. The van der Waals surface area contributed by atoms with E-state index in [2.05, 4.69) is 6.92 Å². The van der Waals surface area contributed by atoms with E-state index < -0.39 is 0 Å². The number of rotatable bonds is 5. The summed E-state index contributed by atoms with van der Waals surface area (Å²) >= 11 is 0. The van der Waals surface area contributed by atoms with Crippen LogP contribution < -0.4 is 9.64 Å². The summed E-state index contributed by atoms with van der Waals surface area (Å²) < 4.78 is 5.08. The molecule has 0 heterocycles. The van der Waals surface area contributed by atoms with Crippen molar-refractivity contribution in [2.45, 2.75) is 0 Å². The minimum atomic E-state index is -0.197. The molecule has 93 valence electrons. The highest BCUT2D eigenvalue weighted by molar-refractivity contribution is 5.96. The molecule has 1 aromatic rings. The number of carbonyl (C=O) groups excluding carboxylic acids is 1. The lowest BCUT2D eigenvalue weighted by Gasteiger charge is -2.23. The van der Waals surface area contributed by atoms with Gasteiger partial charge in [0, 0.05) is 25.7 Å². The van der Waals surface area contributed by atoms with Gasteiger partial charge in [-0.2, -0.15) is 0 Å². The van der Waals surface area contributed by atoms with Crippen molar-refractivity contribution in [2.75, 3.05) is 39.2 Å². The average molecular weight is 235 g/mol. The first kappa shape index (κ1) is 13.5. The summed E-state index contributed by atoms with van der Waals surface area (Å²) in [6.07, 6.45) is 0. The summed E-state index contributed by atoms with van der Waals surface area (Å²) in [6.45, 7) is 4.90. The van der Waals surface area contributed by atoms with Crippen molar-refractivity contribution in [1.29, 1.82) is 0 Å². The van der Waals surface area contributed by atoms with Crippen LogP contribution in [0.3, 0.4) is 0 Å². The fourth-order valence-corrected chi connectivity index (χ4v) is 1.46. The number of hydrogen-bond acceptors (Lipinski definition) is 3. The monoisotopic (exact) mass is 235 g/mol. The number of amides is 1. The minimum absolute atomic E-state index is 0.197. The van der Waals surface area contributed by atoms with E-state index in [9.17, 15) is 4.79 Å². The molecular formula is C13H19N2O2. The Bertz CT molecular complexity index is 360. The van der Waals surface area contributed by atoms with E-state index in [-0.39, 0.29) is 5.91 Å². The van der Waals surface area contributed by atoms with Gasteiger partial charge in [0.15, 0.2) is 0 Å². The number of anilines is 1. The lowest BCUT2D eigenvalue weighted by Crippen LogP contribution is -2.35. The summed E-state index contributed by atoms with van der Waals surface area (Å²) in [7, 11) is 5.56. The molecule has 0 N–H and O–H groups in total. The second kappa shape index (κ2) is 6.25. The highest BCUT2D eigenvalue weighted by atomic mass is 16.5. The lowest BCUT2D eigenvalue weighted by atomic mass is 10.2. The van der Waals surface area contributed by atoms with Gasteiger partial charge in [-0.1, -0.05) is 0 Å². The molecule has 0 aliphatic carbocycles. The quantitative estimate of drug-likeness (QED) is 0.774. The normalized spacial score (nSPS) is 10.4. The molecule has 0 aliphatic heterocycles. The molecule has 4 heteroatoms. The molecule has 1 amide bonds. The Kier molecular flexibility index (Phi) is 4.97. The Morgan fingerprint density at radius 1 is 1.24 bits per heavy atom. The molecule has 0 aromatic heterocycles. The van der Waals surface area contributed by atoms with Crippen LogP contribution in [0.1, 0.15) is 0 Å². The molecule has 1 radical (unpaired) electrons. The van der Waals surface area contributed by atoms with Crippen LogP contribution in [0.5, 0.6) is 5.75 Å². The number of carbonyl (C=O) groups is 1. The third kappa shape index (κ3) is 4.07. The number of nitrogens with zero attached hydrogens (tertiary/aromatic N) is 2. The maximum Gasteiger partial charge on any atom is 0.227 e. The maximum absolute atomic E-state index is 11.5. The molecule has 0 atom stereocenters. The number of likely N-dealkylation sites (N-methyl/N-ethyl adjacent to an activating group) is 1. The molecule has 0 saturated heterocycles. The highest BCUT2D eigenvalue weighted by Crippen LogP contribution is 2.19. The van der Waals surface area contributed by atoms with Crippen LogP contribution >= 0.6 is 0 Å². The molecule has 0 fully saturated rings. The highest BCUT2D eigenvalue weighted by Gasteiger charge is 2.11. The zero-order valence-electron chi connectivity index (χ0n) is 10.6. The third-order valence-electron chi connectivity index (χ3n) is 2.46. The molecule has 0 aliphatic rings. The fraction of sp³-hybridized carbons (Fsp3) is 0.385. The summed E-state index contributed by atoms with van der Waals surface area (Å²) in [5.41, 5.74) is 0.840. The largest absolute Gasteiger partial charge is 0.497 e. The van der Waals surface area contributed by atoms with Crippen molar-refractivity contribution in [3.63, 3.8) is 0 Å². The van der Waals surface area contributed by atoms with Crippen molar-refractivity contribution in [1.82, 2.24) is 4.90 Å². The van der Waals surface area contributed by atoms with Crippen LogP contribution in [-0.2, 0) is 4.79 Å². The van der Waals surface area contributed by atoms with Gasteiger partial charge < -0.3 is 14.5 Å². The standard InChI is InChI=1S/C13H19N2O2/c1-11(16)15(10-9-14(2)3)12-5-7-13(17-4)8-6-12/h5-8H,1,9-10H2,2-4H3. The van der Waals surface area contributed by atoms with Crippen LogP contribution in [0.2, 0.25) is 0 Å². The summed E-state index contributed by atoms with van der Waals surface area (Å²) in [5.74, 6) is 0.579. The van der Waals surface area contributed by atoms with Gasteiger partial charge in [0.05, 0.1) is 7.11 Å². The van der Waals surface area contributed by atoms with Crippen molar-refractivity contribution < 1.29 is 9.53 Å². The second-order valence-corrected chi connectivity index (χ2v) is 4.05. The van der Waals surface area contributed by atoms with Crippen LogP contribution in [0.15, 0.2) is 24.3 Å². The predicted octanol–water partition coefficient (Wildman–Crippen LogP) is 1.42. The van der Waals surface area contributed by atoms with E-state index in [0.717, 1.165) is 18.0 Å². The fourth-order valence-electron chi connectivity index (χ4n) is 1.46. The molecule has 0 saturated carbocycles. The Morgan fingerprint density at radius 2 is 1.82 bits per heavy atom. The van der Waals surface area contributed by atoms with E-state index in [0.29, 0.717) is 6.54 Å². The predicted molar refractivity (Wildman–Crippen MR) is 69.3 cm³/mol. The van der Waals surface area contributed by atoms with E-state index in [1.54, 1.807) is 12.0 Å². The Hall–Kier alpha value is -1.55. The molecule has 4 nitrogen and oxygen atoms in total. The number of methoxy groups -OCH3 is 1. The van der Waals surface area contributed by atoms with Gasteiger partial charge in [-0.05, 0) is 38.4 Å². The molecule has 0 bridgehead atoms. The summed E-state index contributed by atoms with van der Waals surface area (Å²) in [6, 6.07) is 7.39. The molecule has 1 rings (SSSR count). The Morgan fingerprint density at radius 3 is 2.24 bits per heavy atom. The lowest BCUT2D eigenvalue weighted by molar-refractivity contribution is -0.114. The Labute approximate surface area is 103 Å². The average Bonchev–Trinajstić information content (AvgIpc) is 2.29. The van der Waals surface area contributed by atoms with Gasteiger partial charge in [-0.3, -0.25) is 4.79 Å². The molecule has 17 heavy (non-hydrogen) atoms. The van der Waals surface area contributed by atoms with E-state index in [1.807, 2.05) is 43.3 Å². The van der Waals surface area contributed by atoms with E-state index in [1.165, 1.54) is 0 Å². The zero-order valence-corrected chi connectivity index (χ0v) is 10.6. The number of hydrogen-bond donors (Lipinski definition) is 0. The summed E-state index contributed by atoms with van der Waals surface area (Å²) in [5, 5.41) is 0. The van der Waals surface area contributed by atoms with Gasteiger partial charge in [0.2, 0.25) is 5.91 Å². The van der Waals surface area contributed by atoms with Gasteiger partial charge >= 0.3 is 0 Å². The van der Waals surface area contributed by atoms with Gasteiger partial charge in [0.25, 0.3) is 0 Å². The molecule has 0 spiro atoms. The van der Waals surface area contributed by atoms with Crippen LogP contribution in [0.25, 0.3) is 0 Å². The van der Waals surface area contributed by atoms with E-state index >= 15 is 0 Å². The van der Waals surface area contributed by atoms with Crippen molar-refractivity contribution in [2.24, 2.45) is 0 Å².